The highest BCUT2D eigenvalue weighted by molar-refractivity contribution is 9.10. The number of rotatable bonds is 6. The summed E-state index contributed by atoms with van der Waals surface area (Å²) in [5.74, 6) is 1.31. The molecule has 0 amide bonds. The highest BCUT2D eigenvalue weighted by Crippen LogP contribution is 2.26. The van der Waals surface area contributed by atoms with Gasteiger partial charge in [0.05, 0.1) is 14.2 Å². The summed E-state index contributed by atoms with van der Waals surface area (Å²) in [6.07, 6.45) is 0. The van der Waals surface area contributed by atoms with Crippen molar-refractivity contribution in [1.29, 1.82) is 0 Å². The van der Waals surface area contributed by atoms with Crippen molar-refractivity contribution in [3.63, 3.8) is 0 Å². The van der Waals surface area contributed by atoms with Gasteiger partial charge in [0.15, 0.2) is 0 Å². The van der Waals surface area contributed by atoms with Crippen LogP contribution in [0.15, 0.2) is 40.9 Å². The largest absolute Gasteiger partial charge is 0.497 e. The molecule has 0 N–H and O–H groups in total. The first kappa shape index (κ1) is 16.8. The molecule has 0 bridgehead atoms. The zero-order valence-electron chi connectivity index (χ0n) is 12.9. The molecule has 0 aliphatic carbocycles. The van der Waals surface area contributed by atoms with Crippen molar-refractivity contribution in [3.8, 4) is 11.5 Å². The molecule has 0 fully saturated rings. The maximum atomic E-state index is 13.9. The van der Waals surface area contributed by atoms with E-state index in [2.05, 4.69) is 15.9 Å². The Morgan fingerprint density at radius 1 is 1.00 bits per heavy atom. The van der Waals surface area contributed by atoms with Crippen molar-refractivity contribution in [2.75, 3.05) is 21.3 Å². The van der Waals surface area contributed by atoms with Gasteiger partial charge in [0, 0.05) is 34.8 Å². The van der Waals surface area contributed by atoms with Crippen molar-refractivity contribution in [2.45, 2.75) is 13.1 Å². The fourth-order valence-electron chi connectivity index (χ4n) is 2.27. The van der Waals surface area contributed by atoms with Crippen LogP contribution in [0.1, 0.15) is 11.1 Å². The lowest BCUT2D eigenvalue weighted by Crippen LogP contribution is -2.18. The minimum atomic E-state index is -0.206. The molecule has 3 nitrogen and oxygen atoms in total. The van der Waals surface area contributed by atoms with Crippen LogP contribution in [-0.4, -0.2) is 26.2 Å². The molecule has 2 rings (SSSR count). The number of hydrogen-bond acceptors (Lipinski definition) is 3. The zero-order chi connectivity index (χ0) is 16.1. The zero-order valence-corrected chi connectivity index (χ0v) is 14.5. The van der Waals surface area contributed by atoms with E-state index in [1.54, 1.807) is 20.3 Å². The van der Waals surface area contributed by atoms with Gasteiger partial charge in [0.2, 0.25) is 0 Å². The Morgan fingerprint density at radius 2 is 1.68 bits per heavy atom. The van der Waals surface area contributed by atoms with E-state index in [-0.39, 0.29) is 5.82 Å². The molecule has 118 valence electrons. The molecule has 0 radical (unpaired) electrons. The Hall–Kier alpha value is -1.59. The number of hydrogen-bond donors (Lipinski definition) is 0. The van der Waals surface area contributed by atoms with E-state index in [9.17, 15) is 4.39 Å². The molecule has 0 aliphatic heterocycles. The molecule has 0 aromatic heterocycles. The maximum absolute atomic E-state index is 13.9. The van der Waals surface area contributed by atoms with Gasteiger partial charge in [-0.05, 0) is 25.2 Å². The van der Waals surface area contributed by atoms with Crippen LogP contribution < -0.4 is 9.47 Å². The van der Waals surface area contributed by atoms with Crippen LogP contribution in [0.4, 0.5) is 4.39 Å². The first-order chi connectivity index (χ1) is 10.5. The molecule has 0 spiro atoms. The topological polar surface area (TPSA) is 21.7 Å². The lowest BCUT2D eigenvalue weighted by atomic mass is 10.1. The molecule has 22 heavy (non-hydrogen) atoms. The fourth-order valence-corrected chi connectivity index (χ4v) is 2.60. The molecule has 2 aromatic carbocycles. The highest BCUT2D eigenvalue weighted by Gasteiger charge is 2.10. The molecule has 0 aliphatic rings. The Balaban J connectivity index is 2.10. The summed E-state index contributed by atoms with van der Waals surface area (Å²) in [6, 6.07) is 10.8. The van der Waals surface area contributed by atoms with Crippen molar-refractivity contribution in [2.24, 2.45) is 0 Å². The summed E-state index contributed by atoms with van der Waals surface area (Å²) < 4.78 is 25.2. The SMILES string of the molecule is COc1ccc(CN(C)Cc2ccc(Br)cc2F)c(OC)c1. The fraction of sp³-hybridized carbons (Fsp3) is 0.294. The van der Waals surface area contributed by atoms with Crippen LogP contribution in [-0.2, 0) is 13.1 Å². The molecule has 0 saturated carbocycles. The Kier molecular flexibility index (Phi) is 5.80. The number of benzene rings is 2. The van der Waals surface area contributed by atoms with E-state index in [4.69, 9.17) is 9.47 Å². The van der Waals surface area contributed by atoms with Gasteiger partial charge in [0.25, 0.3) is 0 Å². The first-order valence-electron chi connectivity index (χ1n) is 6.87. The maximum Gasteiger partial charge on any atom is 0.128 e. The van der Waals surface area contributed by atoms with Gasteiger partial charge in [-0.1, -0.05) is 28.1 Å². The van der Waals surface area contributed by atoms with Crippen molar-refractivity contribution < 1.29 is 13.9 Å². The Morgan fingerprint density at radius 3 is 2.32 bits per heavy atom. The van der Waals surface area contributed by atoms with Crippen LogP contribution in [0.5, 0.6) is 11.5 Å². The summed E-state index contributed by atoms with van der Waals surface area (Å²) in [6.45, 7) is 1.18. The quantitative estimate of drug-likeness (QED) is 0.762. The van der Waals surface area contributed by atoms with Crippen LogP contribution in [0, 0.1) is 5.82 Å². The number of halogens is 2. The molecule has 2 aromatic rings. The number of methoxy groups -OCH3 is 2. The second-order valence-electron chi connectivity index (χ2n) is 5.09. The van der Waals surface area contributed by atoms with E-state index in [0.29, 0.717) is 18.7 Å². The predicted molar refractivity (Wildman–Crippen MR) is 88.8 cm³/mol. The Labute approximate surface area is 138 Å². The smallest absolute Gasteiger partial charge is 0.128 e. The number of ether oxygens (including phenoxy) is 2. The third-order valence-corrected chi connectivity index (χ3v) is 3.88. The highest BCUT2D eigenvalue weighted by atomic mass is 79.9. The standard InChI is InChI=1S/C17H19BrFNO2/c1-20(10-12-4-6-14(18)8-16(12)19)11-13-5-7-15(21-2)9-17(13)22-3/h4-9H,10-11H2,1-3H3. The average Bonchev–Trinajstić information content (AvgIpc) is 2.50. The first-order valence-corrected chi connectivity index (χ1v) is 7.66. The third-order valence-electron chi connectivity index (χ3n) is 3.39. The van der Waals surface area contributed by atoms with E-state index in [1.807, 2.05) is 36.2 Å². The van der Waals surface area contributed by atoms with Gasteiger partial charge in [-0.2, -0.15) is 0 Å². The van der Waals surface area contributed by atoms with Crippen LogP contribution in [0.25, 0.3) is 0 Å². The summed E-state index contributed by atoms with van der Waals surface area (Å²) >= 11 is 3.27. The van der Waals surface area contributed by atoms with Crippen LogP contribution >= 0.6 is 15.9 Å². The minimum Gasteiger partial charge on any atom is -0.497 e. The van der Waals surface area contributed by atoms with Gasteiger partial charge >= 0.3 is 0 Å². The molecule has 0 saturated heterocycles. The number of nitrogens with zero attached hydrogens (tertiary/aromatic N) is 1. The molecule has 5 heteroatoms. The summed E-state index contributed by atoms with van der Waals surface area (Å²) in [4.78, 5) is 2.04. The van der Waals surface area contributed by atoms with E-state index >= 15 is 0 Å². The lowest BCUT2D eigenvalue weighted by molar-refractivity contribution is 0.304. The van der Waals surface area contributed by atoms with Gasteiger partial charge in [-0.3, -0.25) is 4.90 Å². The summed E-state index contributed by atoms with van der Waals surface area (Å²) in [5, 5.41) is 0. The monoisotopic (exact) mass is 367 g/mol. The van der Waals surface area contributed by atoms with Crippen molar-refractivity contribution in [3.05, 3.63) is 57.8 Å². The minimum absolute atomic E-state index is 0.206. The van der Waals surface area contributed by atoms with Crippen LogP contribution in [0.3, 0.4) is 0 Å². The van der Waals surface area contributed by atoms with Gasteiger partial charge < -0.3 is 9.47 Å². The van der Waals surface area contributed by atoms with Crippen molar-refractivity contribution in [1.82, 2.24) is 4.90 Å². The van der Waals surface area contributed by atoms with Gasteiger partial charge in [-0.15, -0.1) is 0 Å². The van der Waals surface area contributed by atoms with Gasteiger partial charge in [-0.25, -0.2) is 4.39 Å². The second-order valence-corrected chi connectivity index (χ2v) is 6.00. The second kappa shape index (κ2) is 7.61. The van der Waals surface area contributed by atoms with E-state index in [0.717, 1.165) is 21.5 Å². The third kappa shape index (κ3) is 4.21. The molecular formula is C17H19BrFNO2. The average molecular weight is 368 g/mol. The summed E-state index contributed by atoms with van der Waals surface area (Å²) in [7, 11) is 5.20. The molecule has 0 atom stereocenters. The molecule has 0 heterocycles. The van der Waals surface area contributed by atoms with E-state index < -0.39 is 0 Å². The molecular weight excluding hydrogens is 349 g/mol. The van der Waals surface area contributed by atoms with Crippen LogP contribution in [0.2, 0.25) is 0 Å². The predicted octanol–water partition coefficient (Wildman–Crippen LogP) is 4.24. The van der Waals surface area contributed by atoms with Gasteiger partial charge in [0.1, 0.15) is 17.3 Å². The van der Waals surface area contributed by atoms with E-state index in [1.165, 1.54) is 6.07 Å². The molecule has 0 unspecified atom stereocenters. The Bertz CT molecular complexity index is 649. The summed E-state index contributed by atoms with van der Waals surface area (Å²) in [5.41, 5.74) is 1.70. The lowest BCUT2D eigenvalue weighted by Gasteiger charge is -2.19. The van der Waals surface area contributed by atoms with Crippen molar-refractivity contribution >= 4 is 15.9 Å². The normalized spacial score (nSPS) is 10.8.